The first-order chi connectivity index (χ1) is 8.24. The molecule has 2 nitrogen and oxygen atoms in total. The van der Waals surface area contributed by atoms with E-state index in [9.17, 15) is 4.39 Å². The SMILES string of the molecule is Cc1nsc2nc(-c3ccc(F)cc3)ccc12. The number of halogens is 1. The van der Waals surface area contributed by atoms with Crippen molar-refractivity contribution in [2.24, 2.45) is 0 Å². The molecular weight excluding hydrogens is 235 g/mol. The van der Waals surface area contributed by atoms with Gasteiger partial charge in [-0.3, -0.25) is 0 Å². The Bertz CT molecular complexity index is 673. The second-order valence-electron chi connectivity index (χ2n) is 3.82. The van der Waals surface area contributed by atoms with E-state index < -0.39 is 0 Å². The van der Waals surface area contributed by atoms with Gasteiger partial charge in [-0.15, -0.1) is 0 Å². The van der Waals surface area contributed by atoms with Crippen LogP contribution < -0.4 is 0 Å². The van der Waals surface area contributed by atoms with Crippen molar-refractivity contribution in [3.8, 4) is 11.3 Å². The van der Waals surface area contributed by atoms with E-state index in [1.807, 2.05) is 19.1 Å². The summed E-state index contributed by atoms with van der Waals surface area (Å²) in [5, 5.41) is 1.08. The summed E-state index contributed by atoms with van der Waals surface area (Å²) in [6.45, 7) is 1.97. The molecular formula is C13H9FN2S. The first-order valence-corrected chi connectivity index (χ1v) is 6.00. The second kappa shape index (κ2) is 3.89. The molecule has 0 amide bonds. The minimum Gasteiger partial charge on any atom is -0.235 e. The highest BCUT2D eigenvalue weighted by atomic mass is 32.1. The van der Waals surface area contributed by atoms with Crippen LogP contribution in [0.3, 0.4) is 0 Å². The molecule has 0 atom stereocenters. The van der Waals surface area contributed by atoms with E-state index in [1.54, 1.807) is 12.1 Å². The van der Waals surface area contributed by atoms with Gasteiger partial charge in [-0.05, 0) is 54.9 Å². The zero-order valence-electron chi connectivity index (χ0n) is 9.14. The largest absolute Gasteiger partial charge is 0.235 e. The lowest BCUT2D eigenvalue weighted by atomic mass is 10.1. The molecule has 0 unspecified atom stereocenters. The van der Waals surface area contributed by atoms with E-state index in [4.69, 9.17) is 0 Å². The number of nitrogens with zero attached hydrogens (tertiary/aromatic N) is 2. The number of hydrogen-bond donors (Lipinski definition) is 0. The fourth-order valence-corrected chi connectivity index (χ4v) is 2.50. The van der Waals surface area contributed by atoms with Gasteiger partial charge in [-0.1, -0.05) is 0 Å². The summed E-state index contributed by atoms with van der Waals surface area (Å²) in [5.74, 6) is -0.233. The van der Waals surface area contributed by atoms with Gasteiger partial charge in [0.1, 0.15) is 10.6 Å². The van der Waals surface area contributed by atoms with Crippen LogP contribution in [0.15, 0.2) is 36.4 Å². The molecule has 0 aliphatic carbocycles. The molecule has 0 aliphatic heterocycles. The smallest absolute Gasteiger partial charge is 0.144 e. The van der Waals surface area contributed by atoms with Crippen LogP contribution in [0.25, 0.3) is 21.5 Å². The van der Waals surface area contributed by atoms with Crippen molar-refractivity contribution in [3.05, 3.63) is 47.9 Å². The van der Waals surface area contributed by atoms with Crippen LogP contribution in [0.2, 0.25) is 0 Å². The van der Waals surface area contributed by atoms with E-state index in [0.717, 1.165) is 27.2 Å². The minimum absolute atomic E-state index is 0.233. The van der Waals surface area contributed by atoms with E-state index >= 15 is 0 Å². The summed E-state index contributed by atoms with van der Waals surface area (Å²) in [6, 6.07) is 10.3. The molecule has 4 heteroatoms. The van der Waals surface area contributed by atoms with Gasteiger partial charge in [-0.2, -0.15) is 4.37 Å². The van der Waals surface area contributed by atoms with Crippen LogP contribution in [0.1, 0.15) is 5.69 Å². The first-order valence-electron chi connectivity index (χ1n) is 5.23. The Morgan fingerprint density at radius 1 is 1.06 bits per heavy atom. The summed E-state index contributed by atoms with van der Waals surface area (Å²) >= 11 is 1.39. The molecule has 0 bridgehead atoms. The summed E-state index contributed by atoms with van der Waals surface area (Å²) in [6.07, 6.45) is 0. The molecule has 17 heavy (non-hydrogen) atoms. The molecule has 0 fully saturated rings. The number of hydrogen-bond acceptors (Lipinski definition) is 3. The van der Waals surface area contributed by atoms with Gasteiger partial charge in [0.15, 0.2) is 0 Å². The highest BCUT2D eigenvalue weighted by molar-refractivity contribution is 7.12. The Kier molecular flexibility index (Phi) is 2.37. The minimum atomic E-state index is -0.233. The lowest BCUT2D eigenvalue weighted by Crippen LogP contribution is -1.83. The summed E-state index contributed by atoms with van der Waals surface area (Å²) in [7, 11) is 0. The van der Waals surface area contributed by atoms with Gasteiger partial charge in [0.25, 0.3) is 0 Å². The van der Waals surface area contributed by atoms with Gasteiger partial charge in [-0.25, -0.2) is 9.37 Å². The van der Waals surface area contributed by atoms with Crippen molar-refractivity contribution in [2.45, 2.75) is 6.92 Å². The molecule has 0 radical (unpaired) electrons. The van der Waals surface area contributed by atoms with Gasteiger partial charge in [0, 0.05) is 10.9 Å². The lowest BCUT2D eigenvalue weighted by molar-refractivity contribution is 0.628. The zero-order valence-corrected chi connectivity index (χ0v) is 9.96. The number of benzene rings is 1. The topological polar surface area (TPSA) is 25.8 Å². The predicted molar refractivity (Wildman–Crippen MR) is 67.5 cm³/mol. The average Bonchev–Trinajstić information content (AvgIpc) is 2.72. The van der Waals surface area contributed by atoms with Crippen LogP contribution in [-0.4, -0.2) is 9.36 Å². The molecule has 1 aromatic carbocycles. The molecule has 0 spiro atoms. The highest BCUT2D eigenvalue weighted by Crippen LogP contribution is 2.25. The van der Waals surface area contributed by atoms with E-state index in [2.05, 4.69) is 9.36 Å². The second-order valence-corrected chi connectivity index (χ2v) is 4.58. The molecule has 3 aromatic rings. The van der Waals surface area contributed by atoms with E-state index in [0.29, 0.717) is 0 Å². The number of fused-ring (bicyclic) bond motifs is 1. The van der Waals surface area contributed by atoms with Gasteiger partial charge >= 0.3 is 0 Å². The van der Waals surface area contributed by atoms with Crippen LogP contribution in [0.5, 0.6) is 0 Å². The number of rotatable bonds is 1. The molecule has 2 aromatic heterocycles. The highest BCUT2D eigenvalue weighted by Gasteiger charge is 2.05. The molecule has 84 valence electrons. The maximum atomic E-state index is 12.8. The molecule has 0 N–H and O–H groups in total. The Morgan fingerprint density at radius 3 is 2.59 bits per heavy atom. The summed E-state index contributed by atoms with van der Waals surface area (Å²) in [5.41, 5.74) is 2.77. The molecule has 0 saturated heterocycles. The average molecular weight is 244 g/mol. The van der Waals surface area contributed by atoms with Crippen LogP contribution >= 0.6 is 11.5 Å². The third kappa shape index (κ3) is 1.80. The predicted octanol–water partition coefficient (Wildman–Crippen LogP) is 3.81. The van der Waals surface area contributed by atoms with Crippen molar-refractivity contribution < 1.29 is 4.39 Å². The number of aromatic nitrogens is 2. The van der Waals surface area contributed by atoms with Gasteiger partial charge in [0.05, 0.1) is 11.4 Å². The Labute approximate surface area is 102 Å². The lowest BCUT2D eigenvalue weighted by Gasteiger charge is -2.00. The quantitative estimate of drug-likeness (QED) is 0.650. The Balaban J connectivity index is 2.14. The fourth-order valence-electron chi connectivity index (χ4n) is 1.73. The van der Waals surface area contributed by atoms with Crippen molar-refractivity contribution in [1.82, 2.24) is 9.36 Å². The summed E-state index contributed by atoms with van der Waals surface area (Å²) in [4.78, 5) is 5.45. The standard InChI is InChI=1S/C13H9FN2S/c1-8-11-6-7-12(15-13(11)17-16-8)9-2-4-10(14)5-3-9/h2-7H,1H3. The van der Waals surface area contributed by atoms with Crippen molar-refractivity contribution in [2.75, 3.05) is 0 Å². The third-order valence-corrected chi connectivity index (χ3v) is 3.51. The molecule has 0 saturated carbocycles. The van der Waals surface area contributed by atoms with Crippen LogP contribution in [0.4, 0.5) is 4.39 Å². The number of aryl methyl sites for hydroxylation is 1. The number of pyridine rings is 1. The maximum absolute atomic E-state index is 12.8. The zero-order chi connectivity index (χ0) is 11.8. The fraction of sp³-hybridized carbons (Fsp3) is 0.0769. The molecule has 0 aliphatic rings. The summed E-state index contributed by atoms with van der Waals surface area (Å²) < 4.78 is 17.1. The van der Waals surface area contributed by atoms with Gasteiger partial charge < -0.3 is 0 Å². The normalized spacial score (nSPS) is 10.9. The van der Waals surface area contributed by atoms with Crippen molar-refractivity contribution >= 4 is 21.7 Å². The monoisotopic (exact) mass is 244 g/mol. The first kappa shape index (κ1) is 10.4. The Morgan fingerprint density at radius 2 is 1.82 bits per heavy atom. The molecule has 3 rings (SSSR count). The van der Waals surface area contributed by atoms with Crippen LogP contribution in [-0.2, 0) is 0 Å². The van der Waals surface area contributed by atoms with Crippen molar-refractivity contribution in [1.29, 1.82) is 0 Å². The van der Waals surface area contributed by atoms with Crippen LogP contribution in [0, 0.1) is 12.7 Å². The third-order valence-electron chi connectivity index (χ3n) is 2.66. The molecule has 2 heterocycles. The van der Waals surface area contributed by atoms with Crippen molar-refractivity contribution in [3.63, 3.8) is 0 Å². The maximum Gasteiger partial charge on any atom is 0.144 e. The van der Waals surface area contributed by atoms with E-state index in [-0.39, 0.29) is 5.82 Å². The Hall–Kier alpha value is -1.81. The van der Waals surface area contributed by atoms with E-state index in [1.165, 1.54) is 23.7 Å². The van der Waals surface area contributed by atoms with Gasteiger partial charge in [0.2, 0.25) is 0 Å².